The summed E-state index contributed by atoms with van der Waals surface area (Å²) < 4.78 is 0. The van der Waals surface area contributed by atoms with Crippen molar-refractivity contribution in [2.45, 2.75) is 29.1 Å². The lowest BCUT2D eigenvalue weighted by Crippen LogP contribution is -2.38. The number of para-hydroxylation sites is 2. The summed E-state index contributed by atoms with van der Waals surface area (Å²) in [5, 5.41) is 1.79. The molecule has 1 amide bonds. The molecular weight excluding hydrogens is 308 g/mol. The first-order chi connectivity index (χ1) is 11.3. The van der Waals surface area contributed by atoms with Crippen LogP contribution in [0.3, 0.4) is 0 Å². The molecule has 0 atom stereocenters. The molecule has 0 N–H and O–H groups in total. The number of carbonyl (C=O) groups excluding carboxylic acids is 1. The van der Waals surface area contributed by atoms with Gasteiger partial charge in [-0.1, -0.05) is 42.4 Å². The predicted molar refractivity (Wildman–Crippen MR) is 91.1 cm³/mol. The maximum atomic E-state index is 12.8. The van der Waals surface area contributed by atoms with Gasteiger partial charge in [0.1, 0.15) is 0 Å². The Morgan fingerprint density at radius 1 is 0.870 bits per heavy atom. The Kier molecular flexibility index (Phi) is 3.97. The summed E-state index contributed by atoms with van der Waals surface area (Å²) in [5.74, 6) is 0. The van der Waals surface area contributed by atoms with Gasteiger partial charge in [-0.2, -0.15) is 0 Å². The Bertz CT molecular complexity index is 683. The number of amides is 1. The average Bonchev–Trinajstić information content (AvgIpc) is 2.60. The molecule has 0 radical (unpaired) electrons. The van der Waals surface area contributed by atoms with E-state index in [9.17, 15) is 4.79 Å². The highest BCUT2D eigenvalue weighted by atomic mass is 32.2. The van der Waals surface area contributed by atoms with Crippen molar-refractivity contribution in [2.24, 2.45) is 0 Å². The zero-order valence-corrected chi connectivity index (χ0v) is 13.6. The van der Waals surface area contributed by atoms with Crippen LogP contribution in [0.25, 0.3) is 0 Å². The van der Waals surface area contributed by atoms with E-state index in [0.717, 1.165) is 47.1 Å². The number of carbonyl (C=O) groups is 1. The zero-order chi connectivity index (χ0) is 15.6. The summed E-state index contributed by atoms with van der Waals surface area (Å²) in [6.45, 7) is 1.63. The van der Waals surface area contributed by atoms with Crippen LogP contribution in [0.4, 0.5) is 16.2 Å². The van der Waals surface area contributed by atoms with Gasteiger partial charge in [0.25, 0.3) is 0 Å². The van der Waals surface area contributed by atoms with E-state index >= 15 is 0 Å². The van der Waals surface area contributed by atoms with Gasteiger partial charge in [-0.3, -0.25) is 0 Å². The van der Waals surface area contributed by atoms with E-state index in [0.29, 0.717) is 0 Å². The van der Waals surface area contributed by atoms with Crippen LogP contribution in [-0.4, -0.2) is 24.2 Å². The first-order valence-corrected chi connectivity index (χ1v) is 8.77. The van der Waals surface area contributed by atoms with Crippen molar-refractivity contribution >= 4 is 29.2 Å². The quantitative estimate of drug-likeness (QED) is 0.751. The highest BCUT2D eigenvalue weighted by Crippen LogP contribution is 2.48. The number of piperidine rings is 1. The molecule has 0 unspecified atom stereocenters. The highest BCUT2D eigenvalue weighted by molar-refractivity contribution is 7.99. The number of hydrogen-bond acceptors (Lipinski definition) is 4. The standard InChI is InChI=1S/C18H18N2O2S/c21-18(22-19-12-6-1-7-13-19)20-14-8-2-4-10-16(14)23-17-11-5-3-9-15(17)20/h2-5,8-11H,1,6-7,12-13H2. The first kappa shape index (κ1) is 14.6. The number of fused-ring (bicyclic) bond motifs is 2. The van der Waals surface area contributed by atoms with Crippen molar-refractivity contribution < 1.29 is 9.63 Å². The molecule has 1 fully saturated rings. The van der Waals surface area contributed by atoms with E-state index in [4.69, 9.17) is 4.84 Å². The molecule has 2 aromatic rings. The van der Waals surface area contributed by atoms with Gasteiger partial charge in [0.15, 0.2) is 0 Å². The summed E-state index contributed by atoms with van der Waals surface area (Å²) in [7, 11) is 0. The van der Waals surface area contributed by atoms with Crippen LogP contribution in [0.5, 0.6) is 0 Å². The molecule has 118 valence electrons. The fraction of sp³-hybridized carbons (Fsp3) is 0.278. The van der Waals surface area contributed by atoms with E-state index < -0.39 is 0 Å². The van der Waals surface area contributed by atoms with Crippen molar-refractivity contribution in [3.63, 3.8) is 0 Å². The van der Waals surface area contributed by atoms with Gasteiger partial charge in [0.2, 0.25) is 0 Å². The topological polar surface area (TPSA) is 32.8 Å². The Morgan fingerprint density at radius 2 is 1.43 bits per heavy atom. The van der Waals surface area contributed by atoms with Crippen molar-refractivity contribution in [3.05, 3.63) is 48.5 Å². The molecule has 2 aliphatic rings. The van der Waals surface area contributed by atoms with E-state index in [1.54, 1.807) is 21.7 Å². The lowest BCUT2D eigenvalue weighted by molar-refractivity contribution is -0.107. The molecule has 4 nitrogen and oxygen atoms in total. The van der Waals surface area contributed by atoms with Crippen LogP contribution >= 0.6 is 11.8 Å². The maximum absolute atomic E-state index is 12.8. The normalized spacial score (nSPS) is 17.3. The fourth-order valence-electron chi connectivity index (χ4n) is 3.01. The largest absolute Gasteiger partial charge is 0.438 e. The molecule has 0 aromatic heterocycles. The third-order valence-corrected chi connectivity index (χ3v) is 5.27. The van der Waals surface area contributed by atoms with Crippen LogP contribution in [0, 0.1) is 0 Å². The predicted octanol–water partition coefficient (Wildman–Crippen LogP) is 4.83. The summed E-state index contributed by atoms with van der Waals surface area (Å²) in [6.07, 6.45) is 3.04. The zero-order valence-electron chi connectivity index (χ0n) is 12.8. The van der Waals surface area contributed by atoms with Crippen LogP contribution < -0.4 is 4.90 Å². The van der Waals surface area contributed by atoms with Gasteiger partial charge in [-0.25, -0.2) is 9.69 Å². The molecule has 0 spiro atoms. The number of hydroxylamine groups is 2. The SMILES string of the molecule is O=C(ON1CCCCC1)N1c2ccccc2Sc2ccccc21. The third kappa shape index (κ3) is 2.82. The van der Waals surface area contributed by atoms with Gasteiger partial charge in [0.05, 0.1) is 11.4 Å². The molecule has 0 saturated carbocycles. The molecule has 0 aliphatic carbocycles. The van der Waals surface area contributed by atoms with Gasteiger partial charge in [0, 0.05) is 22.9 Å². The Morgan fingerprint density at radius 3 is 2.04 bits per heavy atom. The lowest BCUT2D eigenvalue weighted by atomic mass is 10.2. The van der Waals surface area contributed by atoms with Gasteiger partial charge >= 0.3 is 6.09 Å². The second-order valence-corrected chi connectivity index (χ2v) is 6.80. The maximum Gasteiger partial charge on any atom is 0.438 e. The Hall–Kier alpha value is -1.98. The van der Waals surface area contributed by atoms with Crippen LogP contribution in [-0.2, 0) is 4.84 Å². The number of hydrogen-bond donors (Lipinski definition) is 0. The monoisotopic (exact) mass is 326 g/mol. The van der Waals surface area contributed by atoms with Crippen molar-refractivity contribution in [3.8, 4) is 0 Å². The van der Waals surface area contributed by atoms with E-state index in [1.165, 1.54) is 6.42 Å². The number of anilines is 2. The number of nitrogens with zero attached hydrogens (tertiary/aromatic N) is 2. The van der Waals surface area contributed by atoms with E-state index in [2.05, 4.69) is 0 Å². The molecule has 2 aromatic carbocycles. The van der Waals surface area contributed by atoms with Gasteiger partial charge in [-0.15, -0.1) is 5.06 Å². The minimum Gasteiger partial charge on any atom is -0.350 e. The van der Waals surface area contributed by atoms with E-state index in [1.807, 2.05) is 48.5 Å². The molecule has 4 rings (SSSR count). The van der Waals surface area contributed by atoms with Crippen LogP contribution in [0.15, 0.2) is 58.3 Å². The Labute approximate surface area is 140 Å². The van der Waals surface area contributed by atoms with Gasteiger partial charge < -0.3 is 4.84 Å². The second-order valence-electron chi connectivity index (χ2n) is 5.72. The van der Waals surface area contributed by atoms with Crippen molar-refractivity contribution in [1.29, 1.82) is 0 Å². The summed E-state index contributed by atoms with van der Waals surface area (Å²) in [4.78, 5) is 22.3. The van der Waals surface area contributed by atoms with Crippen molar-refractivity contribution in [1.82, 2.24) is 5.06 Å². The molecular formula is C18H18N2O2S. The lowest BCUT2D eigenvalue weighted by Gasteiger charge is -2.32. The van der Waals surface area contributed by atoms with E-state index in [-0.39, 0.29) is 6.09 Å². The third-order valence-electron chi connectivity index (χ3n) is 4.14. The minimum absolute atomic E-state index is 0.327. The Balaban J connectivity index is 1.67. The smallest absolute Gasteiger partial charge is 0.350 e. The van der Waals surface area contributed by atoms with Gasteiger partial charge in [-0.05, 0) is 37.1 Å². The minimum atomic E-state index is -0.327. The second kappa shape index (κ2) is 6.26. The van der Waals surface area contributed by atoms with Crippen LogP contribution in [0.1, 0.15) is 19.3 Å². The first-order valence-electron chi connectivity index (χ1n) is 7.96. The summed E-state index contributed by atoms with van der Waals surface area (Å²) in [6, 6.07) is 15.9. The summed E-state index contributed by atoms with van der Waals surface area (Å²) >= 11 is 1.69. The van der Waals surface area contributed by atoms with Crippen LogP contribution in [0.2, 0.25) is 0 Å². The number of rotatable bonds is 1. The molecule has 23 heavy (non-hydrogen) atoms. The average molecular weight is 326 g/mol. The number of benzene rings is 2. The fourth-order valence-corrected chi connectivity index (χ4v) is 4.07. The molecule has 0 bridgehead atoms. The molecule has 5 heteroatoms. The molecule has 1 saturated heterocycles. The molecule has 2 aliphatic heterocycles. The summed E-state index contributed by atoms with van der Waals surface area (Å²) in [5.41, 5.74) is 1.77. The highest BCUT2D eigenvalue weighted by Gasteiger charge is 2.30. The molecule has 2 heterocycles. The van der Waals surface area contributed by atoms with Crippen molar-refractivity contribution in [2.75, 3.05) is 18.0 Å².